The number of halogens is 1. The van der Waals surface area contributed by atoms with Gasteiger partial charge >= 0.3 is 0 Å². The molecule has 1 atom stereocenters. The molecular formula is C22H18FN5O3S. The van der Waals surface area contributed by atoms with Gasteiger partial charge in [0.05, 0.1) is 22.6 Å². The number of carbonyl (C=O) groups is 1. The Bertz CT molecular complexity index is 1370. The smallest absolute Gasteiger partial charge is 0.248 e. The molecule has 4 rings (SSSR count). The number of hydrogen-bond acceptors (Lipinski definition) is 5. The number of allylic oxidation sites excluding steroid dienone is 1. The summed E-state index contributed by atoms with van der Waals surface area (Å²) in [5.74, 6) is -0.970. The van der Waals surface area contributed by atoms with E-state index in [2.05, 4.69) is 25.6 Å². The number of H-pyrrole nitrogens is 1. The van der Waals surface area contributed by atoms with E-state index in [9.17, 15) is 17.9 Å². The zero-order valence-corrected chi connectivity index (χ0v) is 17.6. The van der Waals surface area contributed by atoms with E-state index >= 15 is 0 Å². The number of aromatic amines is 1. The van der Waals surface area contributed by atoms with E-state index in [1.807, 2.05) is 12.1 Å². The summed E-state index contributed by atoms with van der Waals surface area (Å²) in [7, 11) is 0. The van der Waals surface area contributed by atoms with Crippen LogP contribution in [-0.4, -0.2) is 29.6 Å². The molecule has 1 unspecified atom stereocenters. The van der Waals surface area contributed by atoms with Gasteiger partial charge in [-0.25, -0.2) is 18.6 Å². The molecule has 0 aliphatic heterocycles. The highest BCUT2D eigenvalue weighted by Gasteiger charge is 2.15. The number of nitrogens with zero attached hydrogens (tertiary/aromatic N) is 2. The van der Waals surface area contributed by atoms with Crippen molar-refractivity contribution >= 4 is 45.2 Å². The fraction of sp³-hybridized carbons (Fsp3) is 0.0455. The fourth-order valence-corrected chi connectivity index (χ4v) is 3.69. The van der Waals surface area contributed by atoms with Gasteiger partial charge in [-0.3, -0.25) is 4.79 Å². The van der Waals surface area contributed by atoms with Crippen molar-refractivity contribution in [3.63, 3.8) is 0 Å². The third-order valence-corrected chi connectivity index (χ3v) is 5.31. The third kappa shape index (κ3) is 4.27. The van der Waals surface area contributed by atoms with E-state index in [0.29, 0.717) is 11.4 Å². The number of amides is 1. The SMILES string of the molecule is C/C=C\C(=O)Nc1cccc2c(-c3ccnc(Nc4cccc(S(=O)O)c4F)n3)c[nH]c12. The number of nitrogens with one attached hydrogen (secondary N) is 3. The van der Waals surface area contributed by atoms with E-state index in [4.69, 9.17) is 0 Å². The van der Waals surface area contributed by atoms with E-state index in [-0.39, 0.29) is 22.4 Å². The summed E-state index contributed by atoms with van der Waals surface area (Å²) >= 11 is -2.46. The molecule has 8 nitrogen and oxygen atoms in total. The number of rotatable bonds is 6. The predicted octanol–water partition coefficient (Wildman–Crippen LogP) is 4.60. The van der Waals surface area contributed by atoms with Crippen molar-refractivity contribution in [2.45, 2.75) is 11.8 Å². The van der Waals surface area contributed by atoms with Gasteiger partial charge in [-0.15, -0.1) is 0 Å². The Kier molecular flexibility index (Phi) is 6.06. The number of fused-ring (bicyclic) bond motifs is 1. The molecule has 1 amide bonds. The summed E-state index contributed by atoms with van der Waals surface area (Å²) in [6.07, 6.45) is 6.37. The Morgan fingerprint density at radius 2 is 1.97 bits per heavy atom. The lowest BCUT2D eigenvalue weighted by Gasteiger charge is -2.09. The summed E-state index contributed by atoms with van der Waals surface area (Å²) in [4.78, 5) is 23.3. The van der Waals surface area contributed by atoms with Gasteiger partial charge in [-0.1, -0.05) is 24.3 Å². The van der Waals surface area contributed by atoms with E-state index in [1.165, 1.54) is 30.5 Å². The van der Waals surface area contributed by atoms with Crippen LogP contribution in [0.15, 0.2) is 71.9 Å². The first-order chi connectivity index (χ1) is 15.5. The van der Waals surface area contributed by atoms with Crippen molar-refractivity contribution in [1.29, 1.82) is 0 Å². The predicted molar refractivity (Wildman–Crippen MR) is 121 cm³/mol. The molecule has 0 radical (unpaired) electrons. The topological polar surface area (TPSA) is 120 Å². The maximum Gasteiger partial charge on any atom is 0.248 e. The summed E-state index contributed by atoms with van der Waals surface area (Å²) < 4.78 is 35.0. The standard InChI is InChI=1S/C22H18FN5O3S/c1-2-5-19(29)26-17-8-3-6-13-14(12-25-21(13)17)15-10-11-24-22(27-15)28-16-7-4-9-18(20(16)23)32(30)31/h2-12,25H,1H3,(H,26,29)(H,30,31)(H,24,27,28)/b5-2-. The average Bonchev–Trinajstić information content (AvgIpc) is 3.21. The van der Waals surface area contributed by atoms with Gasteiger partial charge < -0.3 is 20.2 Å². The summed E-state index contributed by atoms with van der Waals surface area (Å²) in [6.45, 7) is 1.76. The molecule has 0 saturated heterocycles. The molecule has 162 valence electrons. The number of hydrogen-bond donors (Lipinski definition) is 4. The second-order valence-corrected chi connectivity index (χ2v) is 7.62. The van der Waals surface area contributed by atoms with Crippen molar-refractivity contribution in [2.24, 2.45) is 0 Å². The van der Waals surface area contributed by atoms with E-state index in [0.717, 1.165) is 16.5 Å². The molecule has 4 N–H and O–H groups in total. The maximum absolute atomic E-state index is 14.5. The lowest BCUT2D eigenvalue weighted by molar-refractivity contribution is -0.111. The van der Waals surface area contributed by atoms with Crippen LogP contribution in [0.5, 0.6) is 0 Å². The van der Waals surface area contributed by atoms with Crippen molar-refractivity contribution < 1.29 is 17.9 Å². The summed E-state index contributed by atoms with van der Waals surface area (Å²) in [6, 6.07) is 11.3. The zero-order valence-electron chi connectivity index (χ0n) is 16.8. The first-order valence-electron chi connectivity index (χ1n) is 9.51. The average molecular weight is 451 g/mol. The molecule has 0 spiro atoms. The van der Waals surface area contributed by atoms with Gasteiger partial charge in [-0.2, -0.15) is 0 Å². The van der Waals surface area contributed by atoms with E-state index < -0.39 is 16.9 Å². The molecule has 32 heavy (non-hydrogen) atoms. The van der Waals surface area contributed by atoms with E-state index in [1.54, 1.807) is 31.3 Å². The molecule has 0 fully saturated rings. The first-order valence-corrected chi connectivity index (χ1v) is 10.6. The minimum absolute atomic E-state index is 0.0186. The number of anilines is 3. The number of carbonyl (C=O) groups excluding carboxylic acids is 1. The Labute approximate surface area is 184 Å². The molecule has 0 aliphatic rings. The number of para-hydroxylation sites is 1. The van der Waals surface area contributed by atoms with Gasteiger partial charge in [0, 0.05) is 23.3 Å². The minimum atomic E-state index is -2.46. The van der Waals surface area contributed by atoms with Gasteiger partial charge in [0.15, 0.2) is 16.9 Å². The highest BCUT2D eigenvalue weighted by molar-refractivity contribution is 7.79. The molecule has 2 aromatic carbocycles. The van der Waals surface area contributed by atoms with Crippen molar-refractivity contribution in [3.05, 3.63) is 72.8 Å². The van der Waals surface area contributed by atoms with Crippen molar-refractivity contribution in [2.75, 3.05) is 10.6 Å². The van der Waals surface area contributed by atoms with Crippen LogP contribution < -0.4 is 10.6 Å². The first kappa shape index (κ1) is 21.3. The highest BCUT2D eigenvalue weighted by Crippen LogP contribution is 2.32. The van der Waals surface area contributed by atoms with Crippen LogP contribution in [0.4, 0.5) is 21.7 Å². The van der Waals surface area contributed by atoms with Crippen LogP contribution in [0, 0.1) is 5.82 Å². The Morgan fingerprint density at radius 1 is 1.19 bits per heavy atom. The highest BCUT2D eigenvalue weighted by atomic mass is 32.2. The Morgan fingerprint density at radius 3 is 2.75 bits per heavy atom. The number of benzene rings is 2. The van der Waals surface area contributed by atoms with Crippen LogP contribution in [0.1, 0.15) is 6.92 Å². The zero-order chi connectivity index (χ0) is 22.7. The fourth-order valence-electron chi connectivity index (χ4n) is 3.23. The lowest BCUT2D eigenvalue weighted by Crippen LogP contribution is -2.07. The lowest BCUT2D eigenvalue weighted by atomic mass is 10.1. The van der Waals surface area contributed by atoms with Crippen molar-refractivity contribution in [1.82, 2.24) is 15.0 Å². The second-order valence-electron chi connectivity index (χ2n) is 6.68. The van der Waals surface area contributed by atoms with Crippen LogP contribution in [-0.2, 0) is 15.9 Å². The normalized spacial score (nSPS) is 12.2. The second kappa shape index (κ2) is 9.08. The quantitative estimate of drug-likeness (QED) is 0.251. The minimum Gasteiger partial charge on any atom is -0.359 e. The van der Waals surface area contributed by atoms with Gasteiger partial charge in [0.1, 0.15) is 4.90 Å². The monoisotopic (exact) mass is 451 g/mol. The summed E-state index contributed by atoms with van der Waals surface area (Å²) in [5.41, 5.74) is 2.67. The number of aromatic nitrogens is 3. The molecule has 10 heteroatoms. The molecule has 0 aliphatic carbocycles. The van der Waals surface area contributed by atoms with Crippen molar-refractivity contribution in [3.8, 4) is 11.3 Å². The largest absolute Gasteiger partial charge is 0.359 e. The Hall–Kier alpha value is -3.89. The van der Waals surface area contributed by atoms with Crippen LogP contribution >= 0.6 is 0 Å². The molecule has 2 aromatic heterocycles. The van der Waals surface area contributed by atoms with Crippen LogP contribution in [0.25, 0.3) is 22.2 Å². The molecule has 4 aromatic rings. The molecule has 0 saturated carbocycles. The molecule has 2 heterocycles. The maximum atomic E-state index is 14.5. The molecular weight excluding hydrogens is 433 g/mol. The summed E-state index contributed by atoms with van der Waals surface area (Å²) in [5, 5.41) is 6.41. The molecule has 0 bridgehead atoms. The van der Waals surface area contributed by atoms with Crippen LogP contribution in [0.2, 0.25) is 0 Å². The van der Waals surface area contributed by atoms with Gasteiger partial charge in [0.2, 0.25) is 11.9 Å². The third-order valence-electron chi connectivity index (χ3n) is 4.62. The van der Waals surface area contributed by atoms with Crippen LogP contribution in [0.3, 0.4) is 0 Å². The van der Waals surface area contributed by atoms with Gasteiger partial charge in [-0.05, 0) is 37.3 Å². The Balaban J connectivity index is 1.68. The van der Waals surface area contributed by atoms with Gasteiger partial charge in [0.25, 0.3) is 0 Å².